The number of aromatic nitrogens is 2. The molecule has 0 unspecified atom stereocenters. The third-order valence-corrected chi connectivity index (χ3v) is 7.45. The number of sulfonamides is 1. The Morgan fingerprint density at radius 2 is 2.10 bits per heavy atom. The molecule has 1 aromatic carbocycles. The highest BCUT2D eigenvalue weighted by atomic mass is 35.5. The van der Waals surface area contributed by atoms with Crippen molar-refractivity contribution in [1.82, 2.24) is 19.6 Å². The number of halogens is 1. The first kappa shape index (κ1) is 21.5. The molecule has 1 aliphatic heterocycles. The summed E-state index contributed by atoms with van der Waals surface area (Å²) < 4.78 is 28.0. The molecular formula is C21H22ClN5O3S. The topological polar surface area (TPSA) is 104 Å². The van der Waals surface area contributed by atoms with Crippen molar-refractivity contribution < 1.29 is 13.2 Å². The van der Waals surface area contributed by atoms with E-state index in [4.69, 9.17) is 11.6 Å². The van der Waals surface area contributed by atoms with Gasteiger partial charge in [0.15, 0.2) is 0 Å². The average molecular weight is 460 g/mol. The first-order valence-corrected chi connectivity index (χ1v) is 11.7. The van der Waals surface area contributed by atoms with Crippen LogP contribution in [0.4, 0.5) is 5.82 Å². The molecule has 0 bridgehead atoms. The highest BCUT2D eigenvalue weighted by Gasteiger charge is 2.34. The zero-order chi connectivity index (χ0) is 22.0. The fourth-order valence-electron chi connectivity index (χ4n) is 3.69. The monoisotopic (exact) mass is 459 g/mol. The molecule has 0 radical (unpaired) electrons. The molecule has 0 aliphatic carbocycles. The Hall–Kier alpha value is -2.75. The molecule has 0 saturated carbocycles. The number of amides is 1. The van der Waals surface area contributed by atoms with Gasteiger partial charge in [-0.25, -0.2) is 13.4 Å². The molecule has 3 heterocycles. The molecule has 2 aromatic heterocycles. The number of carbonyl (C=O) groups excluding carboxylic acids is 1. The van der Waals surface area contributed by atoms with Crippen LogP contribution in [-0.2, 0) is 14.8 Å². The zero-order valence-corrected chi connectivity index (χ0v) is 18.4. The Labute approximate surface area is 185 Å². The number of aryl methyl sites for hydroxylation is 1. The molecule has 0 spiro atoms. The molecule has 3 aromatic rings. The first-order chi connectivity index (χ1) is 14.9. The second kappa shape index (κ2) is 8.78. The summed E-state index contributed by atoms with van der Waals surface area (Å²) in [4.78, 5) is 20.7. The zero-order valence-electron chi connectivity index (χ0n) is 16.9. The van der Waals surface area contributed by atoms with Crippen molar-refractivity contribution in [3.05, 3.63) is 59.5 Å². The van der Waals surface area contributed by atoms with Crippen LogP contribution in [0.2, 0.25) is 5.02 Å². The third-order valence-electron chi connectivity index (χ3n) is 5.26. The summed E-state index contributed by atoms with van der Waals surface area (Å²) >= 11 is 6.25. The van der Waals surface area contributed by atoms with Crippen molar-refractivity contribution >= 4 is 44.1 Å². The van der Waals surface area contributed by atoms with Crippen LogP contribution in [-0.4, -0.2) is 54.3 Å². The first-order valence-electron chi connectivity index (χ1n) is 9.83. The number of anilines is 1. The van der Waals surface area contributed by atoms with E-state index >= 15 is 0 Å². The number of hydrogen-bond donors (Lipinski definition) is 2. The Morgan fingerprint density at radius 3 is 2.90 bits per heavy atom. The Balaban J connectivity index is 1.43. The minimum Gasteiger partial charge on any atom is -0.361 e. The van der Waals surface area contributed by atoms with Gasteiger partial charge in [0.25, 0.3) is 0 Å². The number of benzene rings is 1. The quantitative estimate of drug-likeness (QED) is 0.587. The van der Waals surface area contributed by atoms with Gasteiger partial charge in [-0.1, -0.05) is 29.8 Å². The molecule has 1 amide bonds. The van der Waals surface area contributed by atoms with Gasteiger partial charge >= 0.3 is 0 Å². The van der Waals surface area contributed by atoms with Crippen molar-refractivity contribution in [1.29, 1.82) is 0 Å². The van der Waals surface area contributed by atoms with Gasteiger partial charge in [0, 0.05) is 48.5 Å². The van der Waals surface area contributed by atoms with Gasteiger partial charge in [-0.2, -0.15) is 4.31 Å². The number of carbonyl (C=O) groups is 1. The molecule has 1 saturated heterocycles. The van der Waals surface area contributed by atoms with E-state index in [0.717, 1.165) is 5.56 Å². The smallest absolute Gasteiger partial charge is 0.243 e. The van der Waals surface area contributed by atoms with Gasteiger partial charge in [0.1, 0.15) is 5.82 Å². The molecular weight excluding hydrogens is 438 g/mol. The summed E-state index contributed by atoms with van der Waals surface area (Å²) in [6.45, 7) is 2.49. The van der Waals surface area contributed by atoms with Gasteiger partial charge in [-0.15, -0.1) is 0 Å². The van der Waals surface area contributed by atoms with Crippen molar-refractivity contribution in [2.75, 3.05) is 25.0 Å². The van der Waals surface area contributed by atoms with E-state index in [-0.39, 0.29) is 35.0 Å². The molecule has 1 fully saturated rings. The number of nitrogens with one attached hydrogen (secondary N) is 2. The van der Waals surface area contributed by atoms with Crippen molar-refractivity contribution in [3.63, 3.8) is 0 Å². The lowest BCUT2D eigenvalue weighted by atomic mass is 10.2. The SMILES string of the molecule is Cc1cccnc1NCC(=O)N[C@@H]1CCN(S(=O)(=O)c2cccc3cncc(Cl)c23)C1. The molecule has 1 aliphatic rings. The summed E-state index contributed by atoms with van der Waals surface area (Å²) in [7, 11) is -3.77. The molecule has 8 nitrogen and oxygen atoms in total. The van der Waals surface area contributed by atoms with E-state index in [1.54, 1.807) is 30.6 Å². The predicted molar refractivity (Wildman–Crippen MR) is 120 cm³/mol. The van der Waals surface area contributed by atoms with Crippen molar-refractivity contribution in [3.8, 4) is 0 Å². The number of pyridine rings is 2. The highest BCUT2D eigenvalue weighted by molar-refractivity contribution is 7.89. The van der Waals surface area contributed by atoms with Gasteiger partial charge in [0.05, 0.1) is 16.5 Å². The van der Waals surface area contributed by atoms with Crippen LogP contribution in [0.3, 0.4) is 0 Å². The highest BCUT2D eigenvalue weighted by Crippen LogP contribution is 2.32. The lowest BCUT2D eigenvalue weighted by Gasteiger charge is -2.19. The largest absolute Gasteiger partial charge is 0.361 e. The Bertz CT molecular complexity index is 1230. The van der Waals surface area contributed by atoms with E-state index < -0.39 is 10.0 Å². The van der Waals surface area contributed by atoms with Crippen LogP contribution in [0.1, 0.15) is 12.0 Å². The van der Waals surface area contributed by atoms with Gasteiger partial charge in [0.2, 0.25) is 15.9 Å². The fourth-order valence-corrected chi connectivity index (χ4v) is 5.75. The second-order valence-electron chi connectivity index (χ2n) is 7.41. The standard InChI is InChI=1S/C21H22ClN5O3S/c1-14-4-3-8-24-21(14)25-12-19(28)26-16-7-9-27(13-16)31(29,30)18-6-2-5-15-10-23-11-17(22)20(15)18/h2-6,8,10-11,16H,7,9,12-13H2,1H3,(H,24,25)(H,26,28)/t16-/m1/s1. The van der Waals surface area contributed by atoms with Crippen LogP contribution in [0.15, 0.2) is 53.8 Å². The number of fused-ring (bicyclic) bond motifs is 1. The summed E-state index contributed by atoms with van der Waals surface area (Å²) in [5.41, 5.74) is 0.942. The predicted octanol–water partition coefficient (Wildman–Crippen LogP) is 2.58. The normalized spacial score (nSPS) is 17.0. The third kappa shape index (κ3) is 4.48. The summed E-state index contributed by atoms with van der Waals surface area (Å²) in [6.07, 6.45) is 5.21. The lowest BCUT2D eigenvalue weighted by Crippen LogP contribution is -2.41. The van der Waals surface area contributed by atoms with E-state index in [2.05, 4.69) is 20.6 Å². The molecule has 31 heavy (non-hydrogen) atoms. The molecule has 10 heteroatoms. The van der Waals surface area contributed by atoms with Gasteiger partial charge < -0.3 is 10.6 Å². The maximum absolute atomic E-state index is 13.3. The molecule has 2 N–H and O–H groups in total. The number of hydrogen-bond acceptors (Lipinski definition) is 6. The average Bonchev–Trinajstić information content (AvgIpc) is 3.22. The van der Waals surface area contributed by atoms with Gasteiger partial charge in [-0.3, -0.25) is 9.78 Å². The van der Waals surface area contributed by atoms with E-state index in [1.165, 1.54) is 10.5 Å². The van der Waals surface area contributed by atoms with Gasteiger partial charge in [-0.05, 0) is 31.0 Å². The fraction of sp³-hybridized carbons (Fsp3) is 0.286. The second-order valence-corrected chi connectivity index (χ2v) is 9.73. The number of nitrogens with zero attached hydrogens (tertiary/aromatic N) is 3. The summed E-state index contributed by atoms with van der Waals surface area (Å²) in [5, 5.41) is 7.31. The van der Waals surface area contributed by atoms with E-state index in [0.29, 0.717) is 29.6 Å². The summed E-state index contributed by atoms with van der Waals surface area (Å²) in [6, 6.07) is 8.47. The van der Waals surface area contributed by atoms with Crippen LogP contribution < -0.4 is 10.6 Å². The number of rotatable bonds is 6. The molecule has 4 rings (SSSR count). The lowest BCUT2D eigenvalue weighted by molar-refractivity contribution is -0.120. The van der Waals surface area contributed by atoms with Crippen LogP contribution >= 0.6 is 11.6 Å². The molecule has 1 atom stereocenters. The van der Waals surface area contributed by atoms with E-state index in [1.807, 2.05) is 19.1 Å². The van der Waals surface area contributed by atoms with Crippen LogP contribution in [0.5, 0.6) is 0 Å². The minimum atomic E-state index is -3.77. The van der Waals surface area contributed by atoms with Crippen molar-refractivity contribution in [2.45, 2.75) is 24.3 Å². The Kier molecular flexibility index (Phi) is 6.08. The van der Waals surface area contributed by atoms with E-state index in [9.17, 15) is 13.2 Å². The van der Waals surface area contributed by atoms with Crippen LogP contribution in [0, 0.1) is 6.92 Å². The molecule has 162 valence electrons. The maximum atomic E-state index is 13.3. The Morgan fingerprint density at radius 1 is 1.26 bits per heavy atom. The summed E-state index contributed by atoms with van der Waals surface area (Å²) in [5.74, 6) is 0.434. The van der Waals surface area contributed by atoms with Crippen molar-refractivity contribution in [2.24, 2.45) is 0 Å². The van der Waals surface area contributed by atoms with Crippen LogP contribution in [0.25, 0.3) is 10.8 Å². The minimum absolute atomic E-state index is 0.0625. The maximum Gasteiger partial charge on any atom is 0.243 e.